The van der Waals surface area contributed by atoms with Gasteiger partial charge >= 0.3 is 0 Å². The van der Waals surface area contributed by atoms with Gasteiger partial charge in [0.2, 0.25) is 5.91 Å². The van der Waals surface area contributed by atoms with Gasteiger partial charge in [-0.25, -0.2) is 0 Å². The summed E-state index contributed by atoms with van der Waals surface area (Å²) in [4.78, 5) is 14.3. The lowest BCUT2D eigenvalue weighted by Crippen LogP contribution is -2.42. The minimum Gasteiger partial charge on any atom is -0.497 e. The van der Waals surface area contributed by atoms with Crippen LogP contribution in [0, 0.1) is 0 Å². The van der Waals surface area contributed by atoms with Crippen molar-refractivity contribution >= 4 is 5.91 Å². The molecule has 0 saturated heterocycles. The molecule has 0 aliphatic carbocycles. The highest BCUT2D eigenvalue weighted by Crippen LogP contribution is 2.12. The van der Waals surface area contributed by atoms with Gasteiger partial charge in [-0.15, -0.1) is 0 Å². The molecule has 0 atom stereocenters. The van der Waals surface area contributed by atoms with E-state index in [4.69, 9.17) is 4.74 Å². The zero-order valence-corrected chi connectivity index (χ0v) is 13.8. The lowest BCUT2D eigenvalue weighted by Gasteiger charge is -2.30. The van der Waals surface area contributed by atoms with Crippen LogP contribution >= 0.6 is 0 Å². The fraction of sp³-hybridized carbons (Fsp3) is 0.588. The number of nitrogens with one attached hydrogen (secondary N) is 1. The Morgan fingerprint density at radius 1 is 1.24 bits per heavy atom. The van der Waals surface area contributed by atoms with Crippen LogP contribution < -0.4 is 10.1 Å². The number of rotatable bonds is 8. The SMILES string of the molecule is COc1cccc(CC(=O)NCCN(C(C)C)C(C)C)c1. The number of amides is 1. The van der Waals surface area contributed by atoms with E-state index in [1.165, 1.54) is 0 Å². The van der Waals surface area contributed by atoms with Gasteiger partial charge in [-0.05, 0) is 45.4 Å². The second kappa shape index (κ2) is 8.67. The predicted molar refractivity (Wildman–Crippen MR) is 86.7 cm³/mol. The predicted octanol–water partition coefficient (Wildman–Crippen LogP) is 2.47. The van der Waals surface area contributed by atoms with Gasteiger partial charge in [-0.2, -0.15) is 0 Å². The Bertz CT molecular complexity index is 436. The van der Waals surface area contributed by atoms with Gasteiger partial charge in [0.15, 0.2) is 0 Å². The van der Waals surface area contributed by atoms with Crippen molar-refractivity contribution in [3.63, 3.8) is 0 Å². The van der Waals surface area contributed by atoms with Crippen LogP contribution in [0.5, 0.6) is 5.75 Å². The molecule has 0 aliphatic heterocycles. The van der Waals surface area contributed by atoms with Gasteiger partial charge in [0.25, 0.3) is 0 Å². The zero-order valence-electron chi connectivity index (χ0n) is 13.8. The first-order chi connectivity index (χ1) is 9.93. The number of hydrogen-bond acceptors (Lipinski definition) is 3. The van der Waals surface area contributed by atoms with E-state index in [1.54, 1.807) is 7.11 Å². The Morgan fingerprint density at radius 3 is 2.48 bits per heavy atom. The summed E-state index contributed by atoms with van der Waals surface area (Å²) in [5.41, 5.74) is 0.969. The van der Waals surface area contributed by atoms with Crippen LogP contribution in [0.3, 0.4) is 0 Å². The van der Waals surface area contributed by atoms with E-state index in [-0.39, 0.29) is 5.91 Å². The van der Waals surface area contributed by atoms with Crippen LogP contribution in [0.15, 0.2) is 24.3 Å². The van der Waals surface area contributed by atoms with Crippen molar-refractivity contribution < 1.29 is 9.53 Å². The summed E-state index contributed by atoms with van der Waals surface area (Å²) in [6.07, 6.45) is 0.389. The molecule has 1 amide bonds. The van der Waals surface area contributed by atoms with Gasteiger partial charge in [0.05, 0.1) is 13.5 Å². The van der Waals surface area contributed by atoms with Crippen molar-refractivity contribution in [1.29, 1.82) is 0 Å². The summed E-state index contributed by atoms with van der Waals surface area (Å²) in [5.74, 6) is 0.835. The second-order valence-corrected chi connectivity index (χ2v) is 5.80. The van der Waals surface area contributed by atoms with Gasteiger partial charge in [0.1, 0.15) is 5.75 Å². The molecule has 4 heteroatoms. The van der Waals surface area contributed by atoms with E-state index in [2.05, 4.69) is 37.9 Å². The van der Waals surface area contributed by atoms with Crippen LogP contribution in [0.2, 0.25) is 0 Å². The van der Waals surface area contributed by atoms with E-state index >= 15 is 0 Å². The summed E-state index contributed by atoms with van der Waals surface area (Å²) in [6, 6.07) is 8.59. The molecule has 1 N–H and O–H groups in total. The standard InChI is InChI=1S/C17H28N2O2/c1-13(2)19(14(3)4)10-9-18-17(20)12-15-7-6-8-16(11-15)21-5/h6-8,11,13-14H,9-10,12H2,1-5H3,(H,18,20). The van der Waals surface area contributed by atoms with Crippen molar-refractivity contribution in [1.82, 2.24) is 10.2 Å². The van der Waals surface area contributed by atoms with Crippen molar-refractivity contribution in [2.75, 3.05) is 20.2 Å². The Morgan fingerprint density at radius 2 is 1.90 bits per heavy atom. The lowest BCUT2D eigenvalue weighted by molar-refractivity contribution is -0.120. The Labute approximate surface area is 128 Å². The third kappa shape index (κ3) is 6.17. The average Bonchev–Trinajstić information content (AvgIpc) is 2.42. The molecular weight excluding hydrogens is 264 g/mol. The van der Waals surface area contributed by atoms with Crippen molar-refractivity contribution in [2.24, 2.45) is 0 Å². The number of hydrogen-bond donors (Lipinski definition) is 1. The number of nitrogens with zero attached hydrogens (tertiary/aromatic N) is 1. The van der Waals surface area contributed by atoms with Gasteiger partial charge in [-0.3, -0.25) is 9.69 Å². The normalized spacial score (nSPS) is 11.2. The van der Waals surface area contributed by atoms with Gasteiger partial charge in [-0.1, -0.05) is 12.1 Å². The first-order valence-corrected chi connectivity index (χ1v) is 7.59. The molecule has 21 heavy (non-hydrogen) atoms. The minimum atomic E-state index is 0.0516. The molecule has 1 aromatic rings. The second-order valence-electron chi connectivity index (χ2n) is 5.80. The average molecular weight is 292 g/mol. The third-order valence-electron chi connectivity index (χ3n) is 3.52. The summed E-state index contributed by atoms with van der Waals surface area (Å²) >= 11 is 0. The van der Waals surface area contributed by atoms with Crippen LogP contribution in [-0.4, -0.2) is 43.1 Å². The van der Waals surface area contributed by atoms with Crippen molar-refractivity contribution in [2.45, 2.75) is 46.2 Å². The Kier molecular flexibility index (Phi) is 7.23. The number of ether oxygens (including phenoxy) is 1. The fourth-order valence-corrected chi connectivity index (χ4v) is 2.47. The highest BCUT2D eigenvalue weighted by atomic mass is 16.5. The maximum atomic E-state index is 12.0. The molecular formula is C17H28N2O2. The van der Waals surface area contributed by atoms with Crippen molar-refractivity contribution in [3.8, 4) is 5.75 Å². The molecule has 0 aliphatic rings. The molecule has 0 saturated carbocycles. The highest BCUT2D eigenvalue weighted by molar-refractivity contribution is 5.78. The summed E-state index contributed by atoms with van der Waals surface area (Å²) in [6.45, 7) is 10.3. The number of carbonyl (C=O) groups is 1. The molecule has 0 fully saturated rings. The fourth-order valence-electron chi connectivity index (χ4n) is 2.47. The minimum absolute atomic E-state index is 0.0516. The summed E-state index contributed by atoms with van der Waals surface area (Å²) in [7, 11) is 1.63. The quantitative estimate of drug-likeness (QED) is 0.800. The molecule has 0 unspecified atom stereocenters. The molecule has 0 heterocycles. The van der Waals surface area contributed by atoms with E-state index in [0.29, 0.717) is 25.0 Å². The molecule has 0 radical (unpaired) electrons. The maximum Gasteiger partial charge on any atom is 0.224 e. The first-order valence-electron chi connectivity index (χ1n) is 7.59. The number of benzene rings is 1. The largest absolute Gasteiger partial charge is 0.497 e. The Balaban J connectivity index is 2.40. The van der Waals surface area contributed by atoms with E-state index in [0.717, 1.165) is 17.9 Å². The molecule has 1 aromatic carbocycles. The van der Waals surface area contributed by atoms with Gasteiger partial charge in [0, 0.05) is 25.2 Å². The summed E-state index contributed by atoms with van der Waals surface area (Å²) in [5, 5.41) is 2.99. The highest BCUT2D eigenvalue weighted by Gasteiger charge is 2.13. The topological polar surface area (TPSA) is 41.6 Å². The summed E-state index contributed by atoms with van der Waals surface area (Å²) < 4.78 is 5.16. The van der Waals surface area contributed by atoms with Gasteiger partial charge < -0.3 is 10.1 Å². The first kappa shape index (κ1) is 17.5. The third-order valence-corrected chi connectivity index (χ3v) is 3.52. The molecule has 118 valence electrons. The molecule has 1 rings (SSSR count). The van der Waals surface area contributed by atoms with E-state index in [1.807, 2.05) is 24.3 Å². The Hall–Kier alpha value is -1.55. The zero-order chi connectivity index (χ0) is 15.8. The maximum absolute atomic E-state index is 12.0. The van der Waals surface area contributed by atoms with E-state index < -0.39 is 0 Å². The van der Waals surface area contributed by atoms with Crippen LogP contribution in [0.1, 0.15) is 33.3 Å². The molecule has 0 aromatic heterocycles. The number of carbonyl (C=O) groups excluding carboxylic acids is 1. The smallest absolute Gasteiger partial charge is 0.224 e. The monoisotopic (exact) mass is 292 g/mol. The molecule has 0 spiro atoms. The lowest BCUT2D eigenvalue weighted by atomic mass is 10.1. The van der Waals surface area contributed by atoms with E-state index in [9.17, 15) is 4.79 Å². The molecule has 0 bridgehead atoms. The van der Waals surface area contributed by atoms with Crippen molar-refractivity contribution in [3.05, 3.63) is 29.8 Å². The van der Waals surface area contributed by atoms with Crippen LogP contribution in [0.25, 0.3) is 0 Å². The molecule has 4 nitrogen and oxygen atoms in total. The van der Waals surface area contributed by atoms with Crippen LogP contribution in [0.4, 0.5) is 0 Å². The van der Waals surface area contributed by atoms with Crippen LogP contribution in [-0.2, 0) is 11.2 Å². The number of methoxy groups -OCH3 is 1.